The number of hydrogen-bond acceptors (Lipinski definition) is 7. The monoisotopic (exact) mass is 426 g/mol. The van der Waals surface area contributed by atoms with Crippen LogP contribution in [0.5, 0.6) is 23.0 Å². The quantitative estimate of drug-likeness (QED) is 0.477. The van der Waals surface area contributed by atoms with Crippen LogP contribution in [-0.2, 0) is 4.79 Å². The van der Waals surface area contributed by atoms with Gasteiger partial charge in [0, 0.05) is 17.2 Å². The fraction of sp³-hybridized carbons (Fsp3) is 0.190. The molecular formula is C21H22N4O6. The van der Waals surface area contributed by atoms with Crippen LogP contribution in [0.25, 0.3) is 11.3 Å². The number of nitrogens with two attached hydrogens (primary N) is 1. The molecule has 0 aliphatic rings. The molecule has 2 aromatic carbocycles. The highest BCUT2D eigenvalue weighted by Crippen LogP contribution is 2.38. The van der Waals surface area contributed by atoms with E-state index in [1.165, 1.54) is 26.4 Å². The molecule has 31 heavy (non-hydrogen) atoms. The molecule has 0 saturated carbocycles. The minimum Gasteiger partial charge on any atom is -0.496 e. The van der Waals surface area contributed by atoms with E-state index >= 15 is 0 Å². The first-order valence-electron chi connectivity index (χ1n) is 9.14. The summed E-state index contributed by atoms with van der Waals surface area (Å²) in [5, 5.41) is 9.72. The van der Waals surface area contributed by atoms with Crippen molar-refractivity contribution < 1.29 is 28.5 Å². The molecule has 0 unspecified atom stereocenters. The van der Waals surface area contributed by atoms with Crippen LogP contribution in [0.15, 0.2) is 42.5 Å². The second-order valence-electron chi connectivity index (χ2n) is 6.29. The molecule has 162 valence electrons. The van der Waals surface area contributed by atoms with E-state index in [4.69, 9.17) is 24.7 Å². The molecule has 1 heterocycles. The van der Waals surface area contributed by atoms with Crippen molar-refractivity contribution in [3.05, 3.63) is 48.0 Å². The molecule has 10 heteroatoms. The Balaban J connectivity index is 1.84. The number of hydrogen-bond donors (Lipinski definition) is 3. The van der Waals surface area contributed by atoms with Gasteiger partial charge in [-0.2, -0.15) is 5.10 Å². The minimum atomic E-state index is -0.657. The molecule has 0 aliphatic heterocycles. The highest BCUT2D eigenvalue weighted by atomic mass is 16.5. The van der Waals surface area contributed by atoms with E-state index in [-0.39, 0.29) is 29.4 Å². The van der Waals surface area contributed by atoms with Gasteiger partial charge in [-0.3, -0.25) is 14.7 Å². The molecule has 0 radical (unpaired) electrons. The lowest BCUT2D eigenvalue weighted by Crippen LogP contribution is -2.20. The number of methoxy groups -OCH3 is 3. The van der Waals surface area contributed by atoms with Crippen molar-refractivity contribution in [3.8, 4) is 34.3 Å². The van der Waals surface area contributed by atoms with E-state index in [9.17, 15) is 9.59 Å². The first-order valence-corrected chi connectivity index (χ1v) is 9.14. The first kappa shape index (κ1) is 21.5. The second kappa shape index (κ2) is 9.53. The van der Waals surface area contributed by atoms with Gasteiger partial charge in [-0.1, -0.05) is 12.1 Å². The fourth-order valence-corrected chi connectivity index (χ4v) is 2.88. The lowest BCUT2D eigenvalue weighted by Gasteiger charge is -2.15. The number of ether oxygens (including phenoxy) is 4. The Morgan fingerprint density at radius 1 is 1.00 bits per heavy atom. The molecule has 2 amide bonds. The molecular weight excluding hydrogens is 404 g/mol. The number of primary amides is 1. The zero-order valence-corrected chi connectivity index (χ0v) is 17.2. The summed E-state index contributed by atoms with van der Waals surface area (Å²) in [5.41, 5.74) is 6.84. The number of carbonyl (C=O) groups excluding carboxylic acids is 2. The predicted octanol–water partition coefficient (Wildman–Crippen LogP) is 2.22. The number of rotatable bonds is 9. The van der Waals surface area contributed by atoms with Gasteiger partial charge < -0.3 is 30.0 Å². The average Bonchev–Trinajstić information content (AvgIpc) is 3.24. The third-order valence-corrected chi connectivity index (χ3v) is 4.30. The predicted molar refractivity (Wildman–Crippen MR) is 113 cm³/mol. The van der Waals surface area contributed by atoms with Crippen molar-refractivity contribution in [2.75, 3.05) is 33.3 Å². The van der Waals surface area contributed by atoms with Crippen molar-refractivity contribution in [2.45, 2.75) is 0 Å². The lowest BCUT2D eigenvalue weighted by atomic mass is 10.1. The van der Waals surface area contributed by atoms with Gasteiger partial charge in [0.05, 0.1) is 27.0 Å². The molecule has 0 fully saturated rings. The number of aromatic nitrogens is 2. The fourth-order valence-electron chi connectivity index (χ4n) is 2.88. The summed E-state index contributed by atoms with van der Waals surface area (Å²) in [6.45, 7) is -0.364. The molecule has 1 aromatic heterocycles. The third-order valence-electron chi connectivity index (χ3n) is 4.30. The Hall–Kier alpha value is -4.21. The van der Waals surface area contributed by atoms with Crippen molar-refractivity contribution in [3.63, 3.8) is 0 Å². The third kappa shape index (κ3) is 4.86. The van der Waals surface area contributed by atoms with E-state index in [0.29, 0.717) is 17.3 Å². The maximum absolute atomic E-state index is 12.8. The van der Waals surface area contributed by atoms with Crippen molar-refractivity contribution in [1.82, 2.24) is 10.2 Å². The van der Waals surface area contributed by atoms with Gasteiger partial charge >= 0.3 is 0 Å². The zero-order valence-electron chi connectivity index (χ0n) is 17.2. The summed E-state index contributed by atoms with van der Waals surface area (Å²) < 4.78 is 21.3. The number of aromatic amines is 1. The number of amides is 2. The number of para-hydroxylation sites is 1. The largest absolute Gasteiger partial charge is 0.496 e. The highest BCUT2D eigenvalue weighted by Gasteiger charge is 2.19. The van der Waals surface area contributed by atoms with Crippen molar-refractivity contribution in [2.24, 2.45) is 5.73 Å². The first-order chi connectivity index (χ1) is 15.0. The maximum Gasteiger partial charge on any atom is 0.257 e. The van der Waals surface area contributed by atoms with Crippen molar-refractivity contribution >= 4 is 17.6 Å². The topological polar surface area (TPSA) is 138 Å². The second-order valence-corrected chi connectivity index (χ2v) is 6.29. The van der Waals surface area contributed by atoms with Crippen LogP contribution in [0.2, 0.25) is 0 Å². The van der Waals surface area contributed by atoms with Gasteiger partial charge in [0.15, 0.2) is 23.9 Å². The molecule has 0 atom stereocenters. The minimum absolute atomic E-state index is 0.165. The van der Waals surface area contributed by atoms with E-state index < -0.39 is 11.8 Å². The van der Waals surface area contributed by atoms with Crippen molar-refractivity contribution in [1.29, 1.82) is 0 Å². The molecule has 0 aliphatic carbocycles. The Kier molecular flexibility index (Phi) is 6.61. The van der Waals surface area contributed by atoms with Gasteiger partial charge in [-0.25, -0.2) is 0 Å². The van der Waals surface area contributed by atoms with E-state index in [2.05, 4.69) is 15.5 Å². The summed E-state index contributed by atoms with van der Waals surface area (Å²) in [6.07, 6.45) is 0. The molecule has 0 spiro atoms. The number of carbonyl (C=O) groups is 2. The molecule has 10 nitrogen and oxygen atoms in total. The molecule has 4 N–H and O–H groups in total. The molecule has 3 aromatic rings. The highest BCUT2D eigenvalue weighted by molar-refractivity contribution is 6.04. The standard InChI is InChI=1S/C21H22N4O6/c1-28-15-7-5-4-6-13(15)14-10-19(25-24-14)23-21(27)12-8-16(29-2)20(17(9-12)30-3)31-11-18(22)26/h4-10H,11H2,1-3H3,(H2,22,26)(H2,23,24,25,27). The molecule has 3 rings (SSSR count). The van der Waals surface area contributed by atoms with Gasteiger partial charge in [-0.15, -0.1) is 0 Å². The average molecular weight is 426 g/mol. The van der Waals surface area contributed by atoms with Crippen LogP contribution in [0.4, 0.5) is 5.82 Å². The van der Waals surface area contributed by atoms with E-state index in [1.54, 1.807) is 13.2 Å². The molecule has 0 bridgehead atoms. The van der Waals surface area contributed by atoms with Crippen LogP contribution < -0.4 is 30.0 Å². The van der Waals surface area contributed by atoms with Crippen LogP contribution >= 0.6 is 0 Å². The van der Waals surface area contributed by atoms with Gasteiger partial charge in [0.1, 0.15) is 5.75 Å². The Morgan fingerprint density at radius 2 is 1.65 bits per heavy atom. The zero-order chi connectivity index (χ0) is 22.4. The normalized spacial score (nSPS) is 10.3. The molecule has 0 saturated heterocycles. The number of nitrogens with zero attached hydrogens (tertiary/aromatic N) is 1. The van der Waals surface area contributed by atoms with Crippen LogP contribution in [0.3, 0.4) is 0 Å². The van der Waals surface area contributed by atoms with Gasteiger partial charge in [0.25, 0.3) is 11.8 Å². The van der Waals surface area contributed by atoms with Gasteiger partial charge in [0.2, 0.25) is 5.75 Å². The van der Waals surface area contributed by atoms with Crippen LogP contribution in [0.1, 0.15) is 10.4 Å². The SMILES string of the molecule is COc1ccccc1-c1cc(NC(=O)c2cc(OC)c(OCC(N)=O)c(OC)c2)n[nH]1. The Labute approximate surface area is 178 Å². The number of H-pyrrole nitrogens is 1. The lowest BCUT2D eigenvalue weighted by molar-refractivity contribution is -0.120. The maximum atomic E-state index is 12.8. The van der Waals surface area contributed by atoms with Crippen LogP contribution in [0, 0.1) is 0 Å². The van der Waals surface area contributed by atoms with E-state index in [0.717, 1.165) is 5.56 Å². The Bertz CT molecular complexity index is 1070. The summed E-state index contributed by atoms with van der Waals surface area (Å²) >= 11 is 0. The number of benzene rings is 2. The summed E-state index contributed by atoms with van der Waals surface area (Å²) in [4.78, 5) is 23.8. The number of anilines is 1. The van der Waals surface area contributed by atoms with Gasteiger partial charge in [-0.05, 0) is 24.3 Å². The van der Waals surface area contributed by atoms with E-state index in [1.807, 2.05) is 24.3 Å². The smallest absolute Gasteiger partial charge is 0.257 e. The number of nitrogens with one attached hydrogen (secondary N) is 2. The summed E-state index contributed by atoms with van der Waals surface area (Å²) in [7, 11) is 4.39. The summed E-state index contributed by atoms with van der Waals surface area (Å²) in [6, 6.07) is 12.0. The Morgan fingerprint density at radius 3 is 2.26 bits per heavy atom. The van der Waals surface area contributed by atoms with Crippen LogP contribution in [-0.4, -0.2) is 49.9 Å². The summed E-state index contributed by atoms with van der Waals surface area (Å²) in [5.74, 6) is 0.470.